The van der Waals surface area contributed by atoms with E-state index >= 15 is 0 Å². The summed E-state index contributed by atoms with van der Waals surface area (Å²) >= 11 is 0. The van der Waals surface area contributed by atoms with Gasteiger partial charge < -0.3 is 20.5 Å². The molecule has 0 fully saturated rings. The molecular weight excluding hydrogens is 268 g/mol. The number of carbonyl (C=O) groups is 1. The van der Waals surface area contributed by atoms with Crippen LogP contribution >= 0.6 is 0 Å². The molecule has 0 bridgehead atoms. The molecule has 2 aromatic carbocycles. The van der Waals surface area contributed by atoms with Crippen LogP contribution in [0.5, 0.6) is 11.5 Å². The largest absolute Gasteiger partial charge is 0.493 e. The molecule has 2 aromatic rings. The lowest BCUT2D eigenvalue weighted by molar-refractivity contribution is 0.102. The minimum atomic E-state index is -0.283. The number of rotatable bonds is 4. The van der Waals surface area contributed by atoms with Crippen molar-refractivity contribution in [3.63, 3.8) is 0 Å². The van der Waals surface area contributed by atoms with Crippen LogP contribution in [0.3, 0.4) is 0 Å². The number of para-hydroxylation sites is 1. The van der Waals surface area contributed by atoms with E-state index in [1.165, 1.54) is 14.2 Å². The monoisotopic (exact) mass is 286 g/mol. The van der Waals surface area contributed by atoms with Gasteiger partial charge in [-0.2, -0.15) is 0 Å². The van der Waals surface area contributed by atoms with Gasteiger partial charge in [-0.15, -0.1) is 0 Å². The molecule has 0 saturated heterocycles. The number of hydrogen-bond acceptors (Lipinski definition) is 4. The van der Waals surface area contributed by atoms with Crippen LogP contribution in [-0.4, -0.2) is 20.1 Å². The highest BCUT2D eigenvalue weighted by Crippen LogP contribution is 2.31. The second kappa shape index (κ2) is 6.17. The van der Waals surface area contributed by atoms with Crippen molar-refractivity contribution in [3.05, 3.63) is 47.5 Å². The predicted molar refractivity (Wildman–Crippen MR) is 83.1 cm³/mol. The third-order valence-electron chi connectivity index (χ3n) is 3.18. The average molecular weight is 286 g/mol. The maximum Gasteiger partial charge on any atom is 0.259 e. The Kier molecular flexibility index (Phi) is 4.33. The number of hydrogen-bond donors (Lipinski definition) is 2. The topological polar surface area (TPSA) is 73.6 Å². The highest BCUT2D eigenvalue weighted by Gasteiger charge is 2.16. The molecule has 3 N–H and O–H groups in total. The highest BCUT2D eigenvalue weighted by molar-refractivity contribution is 6.06. The lowest BCUT2D eigenvalue weighted by atomic mass is 10.1. The quantitative estimate of drug-likeness (QED) is 0.848. The summed E-state index contributed by atoms with van der Waals surface area (Å²) in [6.45, 7) is 1.91. The molecule has 1 amide bonds. The van der Waals surface area contributed by atoms with Gasteiger partial charge in [-0.05, 0) is 36.8 Å². The van der Waals surface area contributed by atoms with Crippen LogP contribution in [0.1, 0.15) is 15.9 Å². The van der Waals surface area contributed by atoms with Crippen molar-refractivity contribution in [1.29, 1.82) is 0 Å². The molecule has 110 valence electrons. The lowest BCUT2D eigenvalue weighted by Crippen LogP contribution is -2.13. The van der Waals surface area contributed by atoms with Gasteiger partial charge in [0, 0.05) is 11.4 Å². The van der Waals surface area contributed by atoms with E-state index in [-0.39, 0.29) is 5.91 Å². The van der Waals surface area contributed by atoms with Gasteiger partial charge in [0.25, 0.3) is 5.91 Å². The Bertz CT molecular complexity index is 669. The maximum absolute atomic E-state index is 12.4. The smallest absolute Gasteiger partial charge is 0.259 e. The van der Waals surface area contributed by atoms with Gasteiger partial charge in [0.2, 0.25) is 0 Å². The number of ether oxygens (including phenoxy) is 2. The molecule has 0 aliphatic carbocycles. The van der Waals surface area contributed by atoms with E-state index in [1.54, 1.807) is 30.3 Å². The average Bonchev–Trinajstić information content (AvgIpc) is 2.49. The second-order valence-corrected chi connectivity index (χ2v) is 4.57. The van der Waals surface area contributed by atoms with Gasteiger partial charge >= 0.3 is 0 Å². The Hall–Kier alpha value is -2.69. The molecule has 21 heavy (non-hydrogen) atoms. The summed E-state index contributed by atoms with van der Waals surface area (Å²) in [4.78, 5) is 12.4. The van der Waals surface area contributed by atoms with E-state index in [4.69, 9.17) is 15.2 Å². The zero-order chi connectivity index (χ0) is 15.4. The molecular formula is C16H18N2O3. The highest BCUT2D eigenvalue weighted by atomic mass is 16.5. The fourth-order valence-electron chi connectivity index (χ4n) is 1.98. The lowest BCUT2D eigenvalue weighted by Gasteiger charge is -2.13. The minimum absolute atomic E-state index is 0.283. The number of methoxy groups -OCH3 is 2. The Balaban J connectivity index is 2.30. The Morgan fingerprint density at radius 3 is 2.52 bits per heavy atom. The Morgan fingerprint density at radius 1 is 1.14 bits per heavy atom. The van der Waals surface area contributed by atoms with Crippen LogP contribution in [0.4, 0.5) is 11.4 Å². The number of aryl methyl sites for hydroxylation is 1. The Morgan fingerprint density at radius 2 is 1.90 bits per heavy atom. The molecule has 5 nitrogen and oxygen atoms in total. The fraction of sp³-hybridized carbons (Fsp3) is 0.188. The number of carbonyl (C=O) groups excluding carboxylic acids is 1. The van der Waals surface area contributed by atoms with E-state index in [1.807, 2.05) is 13.0 Å². The van der Waals surface area contributed by atoms with E-state index in [2.05, 4.69) is 5.32 Å². The van der Waals surface area contributed by atoms with Crippen molar-refractivity contribution in [2.24, 2.45) is 0 Å². The number of benzene rings is 2. The van der Waals surface area contributed by atoms with Gasteiger partial charge in [-0.3, -0.25) is 4.79 Å². The molecule has 0 radical (unpaired) electrons. The zero-order valence-corrected chi connectivity index (χ0v) is 12.3. The molecule has 0 saturated carbocycles. The predicted octanol–water partition coefficient (Wildman–Crippen LogP) is 2.85. The van der Waals surface area contributed by atoms with Gasteiger partial charge in [0.15, 0.2) is 11.5 Å². The zero-order valence-electron chi connectivity index (χ0n) is 12.3. The third kappa shape index (κ3) is 3.08. The molecule has 0 aliphatic heterocycles. The van der Waals surface area contributed by atoms with E-state index in [0.29, 0.717) is 28.4 Å². The number of amides is 1. The van der Waals surface area contributed by atoms with Crippen molar-refractivity contribution in [3.8, 4) is 11.5 Å². The maximum atomic E-state index is 12.4. The second-order valence-electron chi connectivity index (χ2n) is 4.57. The summed E-state index contributed by atoms with van der Waals surface area (Å²) in [6.07, 6.45) is 0. The van der Waals surface area contributed by atoms with Gasteiger partial charge in [-0.25, -0.2) is 0 Å². The number of nitrogens with two attached hydrogens (primary N) is 1. The molecule has 5 heteroatoms. The van der Waals surface area contributed by atoms with Crippen LogP contribution in [0.2, 0.25) is 0 Å². The Labute approximate surface area is 123 Å². The molecule has 2 rings (SSSR count). The van der Waals surface area contributed by atoms with Crippen LogP contribution < -0.4 is 20.5 Å². The van der Waals surface area contributed by atoms with Crippen molar-refractivity contribution >= 4 is 17.3 Å². The van der Waals surface area contributed by atoms with Crippen molar-refractivity contribution in [2.75, 3.05) is 25.3 Å². The van der Waals surface area contributed by atoms with Crippen LogP contribution in [-0.2, 0) is 0 Å². The summed E-state index contributed by atoms with van der Waals surface area (Å²) < 4.78 is 10.4. The van der Waals surface area contributed by atoms with Crippen LogP contribution in [0, 0.1) is 6.92 Å². The third-order valence-corrected chi connectivity index (χ3v) is 3.18. The van der Waals surface area contributed by atoms with Crippen LogP contribution in [0.15, 0.2) is 36.4 Å². The first-order valence-corrected chi connectivity index (χ1v) is 6.45. The van der Waals surface area contributed by atoms with Gasteiger partial charge in [0.1, 0.15) is 0 Å². The standard InChI is InChI=1S/C16H18N2O3/c1-10-7-8-11(9-13(10)17)18-16(19)12-5-4-6-14(20-2)15(12)21-3/h4-9H,17H2,1-3H3,(H,18,19). The molecule has 0 aromatic heterocycles. The number of nitrogens with one attached hydrogen (secondary N) is 1. The molecule has 0 heterocycles. The first kappa shape index (κ1) is 14.7. The number of anilines is 2. The van der Waals surface area contributed by atoms with Crippen molar-refractivity contribution in [1.82, 2.24) is 0 Å². The van der Waals surface area contributed by atoms with E-state index in [0.717, 1.165) is 5.56 Å². The SMILES string of the molecule is COc1cccc(C(=O)Nc2ccc(C)c(N)c2)c1OC. The first-order valence-electron chi connectivity index (χ1n) is 6.45. The van der Waals surface area contributed by atoms with E-state index < -0.39 is 0 Å². The van der Waals surface area contributed by atoms with Gasteiger partial charge in [0.05, 0.1) is 19.8 Å². The molecule has 0 atom stereocenters. The summed E-state index contributed by atoms with van der Waals surface area (Å²) in [5.41, 5.74) is 8.47. The molecule has 0 spiro atoms. The van der Waals surface area contributed by atoms with Gasteiger partial charge in [-0.1, -0.05) is 12.1 Å². The van der Waals surface area contributed by atoms with Crippen molar-refractivity contribution in [2.45, 2.75) is 6.92 Å². The summed E-state index contributed by atoms with van der Waals surface area (Å²) in [5, 5.41) is 2.80. The number of nitrogen functional groups attached to an aromatic ring is 1. The van der Waals surface area contributed by atoms with E-state index in [9.17, 15) is 4.79 Å². The minimum Gasteiger partial charge on any atom is -0.493 e. The summed E-state index contributed by atoms with van der Waals surface area (Å²) in [7, 11) is 3.03. The summed E-state index contributed by atoms with van der Waals surface area (Å²) in [5.74, 6) is 0.625. The first-order chi connectivity index (χ1) is 10.1. The molecule has 0 unspecified atom stereocenters. The molecule has 0 aliphatic rings. The van der Waals surface area contributed by atoms with Crippen molar-refractivity contribution < 1.29 is 14.3 Å². The summed E-state index contributed by atoms with van der Waals surface area (Å²) in [6, 6.07) is 10.5. The van der Waals surface area contributed by atoms with Crippen LogP contribution in [0.25, 0.3) is 0 Å². The fourth-order valence-corrected chi connectivity index (χ4v) is 1.98. The normalized spacial score (nSPS) is 10.0.